The van der Waals surface area contributed by atoms with E-state index in [2.05, 4.69) is 18.8 Å². The third-order valence-corrected chi connectivity index (χ3v) is 1.09. The predicted octanol–water partition coefficient (Wildman–Crippen LogP) is 4.50. The summed E-state index contributed by atoms with van der Waals surface area (Å²) in [6.07, 6.45) is 0. The van der Waals surface area contributed by atoms with Gasteiger partial charge in [0.2, 0.25) is 0 Å². The zero-order valence-corrected chi connectivity index (χ0v) is 13.2. The first-order valence-electron chi connectivity index (χ1n) is 5.12. The molecule has 1 N–H and O–H groups in total. The molecule has 1 nitrogen and oxygen atoms in total. The zero-order valence-electron chi connectivity index (χ0n) is 10.4. The van der Waals surface area contributed by atoms with Crippen LogP contribution in [0, 0.1) is 6.92 Å². The van der Waals surface area contributed by atoms with Crippen molar-refractivity contribution in [3.63, 3.8) is 0 Å². The molecule has 1 aromatic rings. The molecule has 15 heavy (non-hydrogen) atoms. The van der Waals surface area contributed by atoms with Crippen molar-refractivity contribution in [1.29, 1.82) is 0 Å². The van der Waals surface area contributed by atoms with Crippen molar-refractivity contribution in [1.82, 2.24) is 0 Å². The van der Waals surface area contributed by atoms with Gasteiger partial charge in [0.15, 0.2) is 0 Å². The third kappa shape index (κ3) is 13.7. The van der Waals surface area contributed by atoms with Crippen molar-refractivity contribution in [3.05, 3.63) is 49.5 Å². The second-order valence-corrected chi connectivity index (χ2v) is 2.09. The maximum atomic E-state index is 3.63. The van der Waals surface area contributed by atoms with Crippen LogP contribution in [0.5, 0.6) is 0 Å². The van der Waals surface area contributed by atoms with Crippen molar-refractivity contribution in [3.8, 4) is 0 Å². The summed E-state index contributed by atoms with van der Waals surface area (Å²) in [5.74, 6) is 0. The van der Waals surface area contributed by atoms with E-state index in [-0.39, 0.29) is 32.7 Å². The Bertz CT molecular complexity index is 219. The minimum atomic E-state index is 0. The van der Waals surface area contributed by atoms with Gasteiger partial charge in [-0.3, -0.25) is 0 Å². The molecule has 0 fully saturated rings. The Labute approximate surface area is 120 Å². The molecule has 1 radical (unpaired) electrons. The molecule has 1 aromatic carbocycles. The van der Waals surface area contributed by atoms with Crippen LogP contribution in [0.25, 0.3) is 0 Å². The third-order valence-electron chi connectivity index (χ3n) is 1.09. The fourth-order valence-corrected chi connectivity index (χ4v) is 0.726. The normalized spacial score (nSPS) is 6.67. The van der Waals surface area contributed by atoms with E-state index in [1.165, 1.54) is 0 Å². The molecule has 0 aliphatic carbocycles. The van der Waals surface area contributed by atoms with Gasteiger partial charge < -0.3 is 5.32 Å². The number of rotatable bonds is 2. The van der Waals surface area contributed by atoms with Gasteiger partial charge >= 0.3 is 0 Å². The molecule has 0 aliphatic heterocycles. The first-order valence-corrected chi connectivity index (χ1v) is 5.12. The first-order chi connectivity index (χ1) is 6.79. The van der Waals surface area contributed by atoms with Crippen LogP contribution in [0.2, 0.25) is 0 Å². The molecular formula is C13H22NY-. The van der Waals surface area contributed by atoms with Gasteiger partial charge in [0.25, 0.3) is 0 Å². The molecule has 0 amide bonds. The Morgan fingerprint density at radius 2 is 1.47 bits per heavy atom. The van der Waals surface area contributed by atoms with Crippen molar-refractivity contribution in [2.75, 3.05) is 5.32 Å². The molecular weight excluding hydrogens is 259 g/mol. The Kier molecular flexibility index (Phi) is 21.8. The van der Waals surface area contributed by atoms with Gasteiger partial charge in [0.05, 0.1) is 0 Å². The van der Waals surface area contributed by atoms with E-state index < -0.39 is 0 Å². The van der Waals surface area contributed by atoms with Gasteiger partial charge in [-0.05, 0) is 12.1 Å². The van der Waals surface area contributed by atoms with Crippen LogP contribution in [0.1, 0.15) is 27.7 Å². The number of hydrogen-bond donors (Lipinski definition) is 1. The maximum absolute atomic E-state index is 3.63. The van der Waals surface area contributed by atoms with Gasteiger partial charge in [0, 0.05) is 38.4 Å². The number of anilines is 1. The summed E-state index contributed by atoms with van der Waals surface area (Å²) in [5, 5.41) is 3.00. The maximum Gasteiger partial charge on any atom is 0.0357 e. The van der Waals surface area contributed by atoms with Gasteiger partial charge in [-0.1, -0.05) is 45.9 Å². The smallest absolute Gasteiger partial charge is 0.0357 e. The molecule has 0 bridgehead atoms. The van der Waals surface area contributed by atoms with Crippen LogP contribution in [-0.4, -0.2) is 0 Å². The summed E-state index contributed by atoms with van der Waals surface area (Å²) >= 11 is 0. The van der Waals surface area contributed by atoms with E-state index in [1.807, 2.05) is 58.0 Å². The van der Waals surface area contributed by atoms with Crippen LogP contribution >= 0.6 is 0 Å². The van der Waals surface area contributed by atoms with E-state index in [1.54, 1.807) is 0 Å². The van der Waals surface area contributed by atoms with Gasteiger partial charge in [-0.2, -0.15) is 0 Å². The second kappa shape index (κ2) is 16.2. The standard InChI is InChI=1S/C9H10N.2C2H6.Y/c1-8(2)10-9-6-4-3-5-7-9;2*1-2;/h3-7,10H,1-2H2;2*1-2H3;/q-1;;;. The molecule has 0 aliphatic rings. The number of hydrogen-bond acceptors (Lipinski definition) is 1. The first kappa shape index (κ1) is 20.2. The fourth-order valence-electron chi connectivity index (χ4n) is 0.726. The molecule has 0 saturated heterocycles. The van der Waals surface area contributed by atoms with E-state index in [9.17, 15) is 0 Å². The summed E-state index contributed by atoms with van der Waals surface area (Å²) in [6, 6.07) is 9.83. The summed E-state index contributed by atoms with van der Waals surface area (Å²) in [5.41, 5.74) is 1.74. The van der Waals surface area contributed by atoms with Crippen LogP contribution in [-0.2, 0) is 32.7 Å². The molecule has 83 valence electrons. The summed E-state index contributed by atoms with van der Waals surface area (Å²) in [7, 11) is 0. The largest absolute Gasteiger partial charge is 0.390 e. The molecule has 1 rings (SSSR count). The van der Waals surface area contributed by atoms with Crippen molar-refractivity contribution in [2.24, 2.45) is 0 Å². The second-order valence-electron chi connectivity index (χ2n) is 2.09. The van der Waals surface area contributed by atoms with Gasteiger partial charge in [-0.15, -0.1) is 5.70 Å². The van der Waals surface area contributed by atoms with Crippen LogP contribution in [0.15, 0.2) is 42.6 Å². The summed E-state index contributed by atoms with van der Waals surface area (Å²) in [6.45, 7) is 15.3. The Balaban J connectivity index is -0.000000258. The van der Waals surface area contributed by atoms with Crippen LogP contribution in [0.4, 0.5) is 5.69 Å². The van der Waals surface area contributed by atoms with E-state index >= 15 is 0 Å². The number of nitrogens with one attached hydrogen (secondary N) is 1. The topological polar surface area (TPSA) is 12.0 Å². The van der Waals surface area contributed by atoms with Crippen molar-refractivity contribution >= 4 is 5.69 Å². The molecule has 0 atom stereocenters. The Morgan fingerprint density at radius 3 is 1.80 bits per heavy atom. The SMILES string of the molecule is C=C([CH2-])Nc1ccccc1.CC.CC.[Y]. The minimum absolute atomic E-state index is 0. The number of allylic oxidation sites excluding steroid dienone is 1. The van der Waals surface area contributed by atoms with E-state index in [0.29, 0.717) is 5.70 Å². The van der Waals surface area contributed by atoms with Crippen molar-refractivity contribution < 1.29 is 32.7 Å². The average molecular weight is 281 g/mol. The van der Waals surface area contributed by atoms with Crippen LogP contribution < -0.4 is 5.32 Å². The Hall–Kier alpha value is -0.266. The quantitative estimate of drug-likeness (QED) is 0.787. The van der Waals surface area contributed by atoms with Crippen LogP contribution in [0.3, 0.4) is 0 Å². The van der Waals surface area contributed by atoms with E-state index in [0.717, 1.165) is 5.69 Å². The molecule has 0 unspecified atom stereocenters. The summed E-state index contributed by atoms with van der Waals surface area (Å²) in [4.78, 5) is 0. The van der Waals surface area contributed by atoms with Gasteiger partial charge in [-0.25, -0.2) is 13.5 Å². The molecule has 0 saturated carbocycles. The monoisotopic (exact) mass is 281 g/mol. The number of para-hydroxylation sites is 1. The van der Waals surface area contributed by atoms with E-state index in [4.69, 9.17) is 0 Å². The molecule has 2 heteroatoms. The van der Waals surface area contributed by atoms with Gasteiger partial charge in [0.1, 0.15) is 0 Å². The number of benzene rings is 1. The molecule has 0 aromatic heterocycles. The Morgan fingerprint density at radius 1 is 1.07 bits per heavy atom. The molecule has 0 spiro atoms. The summed E-state index contributed by atoms with van der Waals surface area (Å²) < 4.78 is 0. The predicted molar refractivity (Wildman–Crippen MR) is 67.3 cm³/mol. The average Bonchev–Trinajstić information content (AvgIpc) is 2.24. The zero-order chi connectivity index (χ0) is 11.4. The van der Waals surface area contributed by atoms with Crippen molar-refractivity contribution in [2.45, 2.75) is 27.7 Å². The fraction of sp³-hybridized carbons (Fsp3) is 0.308. The minimum Gasteiger partial charge on any atom is -0.390 e. The molecule has 0 heterocycles.